The van der Waals surface area contributed by atoms with Crippen molar-refractivity contribution in [3.63, 3.8) is 0 Å². The van der Waals surface area contributed by atoms with E-state index >= 15 is 0 Å². The normalized spacial score (nSPS) is 21.0. The lowest BCUT2D eigenvalue weighted by Gasteiger charge is -2.36. The van der Waals surface area contributed by atoms with Gasteiger partial charge in [-0.05, 0) is 67.5 Å². The Morgan fingerprint density at radius 2 is 1.90 bits per heavy atom. The Labute approximate surface area is 135 Å². The number of benzene rings is 2. The van der Waals surface area contributed by atoms with Gasteiger partial charge in [-0.25, -0.2) is 0 Å². The van der Waals surface area contributed by atoms with E-state index in [1.165, 1.54) is 34.0 Å². The highest BCUT2D eigenvalue weighted by Gasteiger charge is 2.29. The molecule has 1 nitrogen and oxygen atoms in total. The molecule has 0 aromatic heterocycles. The summed E-state index contributed by atoms with van der Waals surface area (Å²) in [6.07, 6.45) is 3.67. The molecular weight excluding hydrogens is 322 g/mol. The standard InChI is InChI=1S/C19H22BrN/c1-14-5-2-3-6-15(14)9-10-21-19-12-17(13-19)16-7-4-8-18(20)11-16/h2-8,11,17,19,21H,9-10,12-13H2,1H3. The lowest BCUT2D eigenvalue weighted by atomic mass is 9.76. The molecule has 2 heteroatoms. The summed E-state index contributed by atoms with van der Waals surface area (Å²) in [6.45, 7) is 3.28. The van der Waals surface area contributed by atoms with Crippen LogP contribution in [0, 0.1) is 6.92 Å². The van der Waals surface area contributed by atoms with Crippen LogP contribution in [0.25, 0.3) is 0 Å². The maximum Gasteiger partial charge on any atom is 0.0178 e. The fourth-order valence-electron chi connectivity index (χ4n) is 3.12. The third kappa shape index (κ3) is 3.75. The summed E-state index contributed by atoms with van der Waals surface area (Å²) in [4.78, 5) is 0. The van der Waals surface area contributed by atoms with E-state index in [0.717, 1.165) is 18.9 Å². The van der Waals surface area contributed by atoms with E-state index in [-0.39, 0.29) is 0 Å². The number of halogens is 1. The van der Waals surface area contributed by atoms with Crippen LogP contribution in [0.5, 0.6) is 0 Å². The van der Waals surface area contributed by atoms with E-state index in [4.69, 9.17) is 0 Å². The molecule has 110 valence electrons. The largest absolute Gasteiger partial charge is 0.314 e. The van der Waals surface area contributed by atoms with Gasteiger partial charge in [0.2, 0.25) is 0 Å². The fraction of sp³-hybridized carbons (Fsp3) is 0.368. The number of nitrogens with one attached hydrogen (secondary N) is 1. The minimum atomic E-state index is 0.693. The molecule has 0 aliphatic heterocycles. The summed E-state index contributed by atoms with van der Waals surface area (Å²) < 4.78 is 1.19. The molecule has 2 aromatic rings. The lowest BCUT2D eigenvalue weighted by Crippen LogP contribution is -2.41. The van der Waals surface area contributed by atoms with Crippen molar-refractivity contribution in [3.8, 4) is 0 Å². The van der Waals surface area contributed by atoms with Crippen LogP contribution in [0.1, 0.15) is 35.4 Å². The highest BCUT2D eigenvalue weighted by atomic mass is 79.9. The molecule has 0 amide bonds. The molecule has 0 heterocycles. The van der Waals surface area contributed by atoms with Crippen molar-refractivity contribution in [2.75, 3.05) is 6.54 Å². The van der Waals surface area contributed by atoms with Gasteiger partial charge < -0.3 is 5.32 Å². The molecule has 0 radical (unpaired) electrons. The van der Waals surface area contributed by atoms with Crippen molar-refractivity contribution in [1.82, 2.24) is 5.32 Å². The van der Waals surface area contributed by atoms with Crippen molar-refractivity contribution in [1.29, 1.82) is 0 Å². The average molecular weight is 344 g/mol. The highest BCUT2D eigenvalue weighted by molar-refractivity contribution is 9.10. The molecule has 0 atom stereocenters. The zero-order valence-electron chi connectivity index (χ0n) is 12.5. The molecule has 21 heavy (non-hydrogen) atoms. The maximum atomic E-state index is 3.70. The SMILES string of the molecule is Cc1ccccc1CCNC1CC(c2cccc(Br)c2)C1. The highest BCUT2D eigenvalue weighted by Crippen LogP contribution is 2.37. The molecule has 1 aliphatic rings. The zero-order valence-corrected chi connectivity index (χ0v) is 14.1. The lowest BCUT2D eigenvalue weighted by molar-refractivity contribution is 0.292. The molecule has 2 aromatic carbocycles. The first kappa shape index (κ1) is 14.8. The molecule has 1 saturated carbocycles. The zero-order chi connectivity index (χ0) is 14.7. The molecule has 1 N–H and O–H groups in total. The number of hydrogen-bond donors (Lipinski definition) is 1. The minimum absolute atomic E-state index is 0.693. The Morgan fingerprint density at radius 1 is 1.10 bits per heavy atom. The van der Waals surface area contributed by atoms with E-state index in [9.17, 15) is 0 Å². The molecule has 0 unspecified atom stereocenters. The summed E-state index contributed by atoms with van der Waals surface area (Å²) in [6, 6.07) is 18.1. The van der Waals surface area contributed by atoms with E-state index in [1.807, 2.05) is 0 Å². The summed E-state index contributed by atoms with van der Waals surface area (Å²) in [5.41, 5.74) is 4.34. The van der Waals surface area contributed by atoms with Gasteiger partial charge in [0, 0.05) is 10.5 Å². The van der Waals surface area contributed by atoms with Crippen molar-refractivity contribution in [3.05, 3.63) is 69.7 Å². The van der Waals surface area contributed by atoms with Gasteiger partial charge in [0.05, 0.1) is 0 Å². The summed E-state index contributed by atoms with van der Waals surface area (Å²) >= 11 is 3.56. The Kier molecular flexibility index (Phi) is 4.77. The smallest absolute Gasteiger partial charge is 0.0178 e. The molecule has 1 aliphatic carbocycles. The van der Waals surface area contributed by atoms with Crippen LogP contribution in [0.3, 0.4) is 0 Å². The molecule has 0 spiro atoms. The first-order valence-corrected chi connectivity index (χ1v) is 8.55. The van der Waals surface area contributed by atoms with Crippen LogP contribution in [-0.2, 0) is 6.42 Å². The van der Waals surface area contributed by atoms with E-state index < -0.39 is 0 Å². The fourth-order valence-corrected chi connectivity index (χ4v) is 3.54. The number of aryl methyl sites for hydroxylation is 1. The first-order chi connectivity index (χ1) is 10.2. The van der Waals surface area contributed by atoms with Crippen LogP contribution < -0.4 is 5.32 Å². The predicted molar refractivity (Wildman–Crippen MR) is 92.8 cm³/mol. The molecular formula is C19H22BrN. The Hall–Kier alpha value is -1.12. The Balaban J connectivity index is 1.42. The average Bonchev–Trinajstić information content (AvgIpc) is 2.43. The second-order valence-electron chi connectivity index (χ2n) is 6.05. The van der Waals surface area contributed by atoms with Crippen LogP contribution in [-0.4, -0.2) is 12.6 Å². The van der Waals surface area contributed by atoms with Gasteiger partial charge in [0.25, 0.3) is 0 Å². The van der Waals surface area contributed by atoms with Crippen molar-refractivity contribution in [2.45, 2.75) is 38.1 Å². The van der Waals surface area contributed by atoms with Gasteiger partial charge in [-0.3, -0.25) is 0 Å². The predicted octanol–water partition coefficient (Wildman–Crippen LogP) is 4.84. The Bertz CT molecular complexity index is 602. The summed E-state index contributed by atoms with van der Waals surface area (Å²) in [5.74, 6) is 0.735. The molecule has 3 rings (SSSR count). The van der Waals surface area contributed by atoms with Gasteiger partial charge >= 0.3 is 0 Å². The molecule has 1 fully saturated rings. The number of rotatable bonds is 5. The van der Waals surface area contributed by atoms with E-state index in [0.29, 0.717) is 6.04 Å². The van der Waals surface area contributed by atoms with Crippen molar-refractivity contribution >= 4 is 15.9 Å². The van der Waals surface area contributed by atoms with Gasteiger partial charge in [-0.15, -0.1) is 0 Å². The number of hydrogen-bond acceptors (Lipinski definition) is 1. The van der Waals surface area contributed by atoms with Gasteiger partial charge in [-0.2, -0.15) is 0 Å². The topological polar surface area (TPSA) is 12.0 Å². The third-order valence-corrected chi connectivity index (χ3v) is 5.04. The van der Waals surface area contributed by atoms with Crippen LogP contribution in [0.4, 0.5) is 0 Å². The maximum absolute atomic E-state index is 3.70. The Morgan fingerprint density at radius 3 is 2.67 bits per heavy atom. The van der Waals surface area contributed by atoms with E-state index in [1.54, 1.807) is 0 Å². The monoisotopic (exact) mass is 343 g/mol. The summed E-state index contributed by atoms with van der Waals surface area (Å²) in [5, 5.41) is 3.70. The van der Waals surface area contributed by atoms with Gasteiger partial charge in [0.15, 0.2) is 0 Å². The molecule has 0 bridgehead atoms. The van der Waals surface area contributed by atoms with Crippen molar-refractivity contribution in [2.24, 2.45) is 0 Å². The summed E-state index contributed by atoms with van der Waals surface area (Å²) in [7, 11) is 0. The molecule has 0 saturated heterocycles. The van der Waals surface area contributed by atoms with Crippen LogP contribution in [0.2, 0.25) is 0 Å². The van der Waals surface area contributed by atoms with Gasteiger partial charge in [-0.1, -0.05) is 52.3 Å². The first-order valence-electron chi connectivity index (χ1n) is 7.76. The third-order valence-electron chi connectivity index (χ3n) is 4.55. The quantitative estimate of drug-likeness (QED) is 0.819. The van der Waals surface area contributed by atoms with Crippen molar-refractivity contribution < 1.29 is 0 Å². The van der Waals surface area contributed by atoms with Gasteiger partial charge in [0.1, 0.15) is 0 Å². The second-order valence-corrected chi connectivity index (χ2v) is 6.97. The minimum Gasteiger partial charge on any atom is -0.314 e. The van der Waals surface area contributed by atoms with Crippen LogP contribution >= 0.6 is 15.9 Å². The second kappa shape index (κ2) is 6.76. The van der Waals surface area contributed by atoms with Crippen LogP contribution in [0.15, 0.2) is 53.0 Å². The van der Waals surface area contributed by atoms with E-state index in [2.05, 4.69) is 76.7 Å².